The molecule has 3 rings (SSSR count). The molecule has 0 spiro atoms. The van der Waals surface area contributed by atoms with Crippen molar-refractivity contribution in [2.75, 3.05) is 20.2 Å². The molecule has 1 unspecified atom stereocenters. The van der Waals surface area contributed by atoms with Gasteiger partial charge in [0.1, 0.15) is 10.6 Å². The molecule has 1 atom stereocenters. The normalized spacial score (nSPS) is 19.3. The lowest BCUT2D eigenvalue weighted by Gasteiger charge is -2.24. The van der Waals surface area contributed by atoms with Crippen LogP contribution >= 0.6 is 0 Å². The van der Waals surface area contributed by atoms with E-state index in [1.54, 1.807) is 0 Å². The van der Waals surface area contributed by atoms with Crippen molar-refractivity contribution in [2.24, 2.45) is 0 Å². The van der Waals surface area contributed by atoms with Gasteiger partial charge in [0.05, 0.1) is 12.7 Å². The van der Waals surface area contributed by atoms with Gasteiger partial charge in [0.2, 0.25) is 10.0 Å². The highest BCUT2D eigenvalue weighted by Crippen LogP contribution is 2.30. The summed E-state index contributed by atoms with van der Waals surface area (Å²) < 4.78 is 37.8. The second-order valence-electron chi connectivity index (χ2n) is 7.87. The summed E-state index contributed by atoms with van der Waals surface area (Å²) in [6.45, 7) is 2.40. The van der Waals surface area contributed by atoms with Crippen LogP contribution in [0.25, 0.3) is 0 Å². The minimum Gasteiger partial charge on any atom is -0.495 e. The van der Waals surface area contributed by atoms with Gasteiger partial charge in [-0.3, -0.25) is 4.79 Å². The Labute approximate surface area is 178 Å². The van der Waals surface area contributed by atoms with Crippen molar-refractivity contribution in [3.05, 3.63) is 23.8 Å². The molecule has 1 N–H and O–H groups in total. The van der Waals surface area contributed by atoms with Gasteiger partial charge in [-0.1, -0.05) is 19.3 Å². The number of carbonyl (C=O) groups excluding carboxylic acids is 2. The van der Waals surface area contributed by atoms with Gasteiger partial charge in [-0.2, -0.15) is 4.31 Å². The number of ether oxygens (including phenoxy) is 2. The fourth-order valence-corrected chi connectivity index (χ4v) is 5.62. The third-order valence-electron chi connectivity index (χ3n) is 5.69. The van der Waals surface area contributed by atoms with E-state index >= 15 is 0 Å². The average Bonchev–Trinajstić information content (AvgIpc) is 3.29. The summed E-state index contributed by atoms with van der Waals surface area (Å²) in [5.74, 6) is -0.919. The fraction of sp³-hybridized carbons (Fsp3) is 0.619. The van der Waals surface area contributed by atoms with Crippen LogP contribution in [0.2, 0.25) is 0 Å². The number of esters is 1. The number of sulfonamides is 1. The predicted octanol–water partition coefficient (Wildman–Crippen LogP) is 2.47. The molecule has 0 aromatic heterocycles. The number of amides is 1. The molecule has 2 aliphatic rings. The monoisotopic (exact) mass is 438 g/mol. The zero-order valence-electron chi connectivity index (χ0n) is 17.6. The number of nitrogens with one attached hydrogen (secondary N) is 1. The van der Waals surface area contributed by atoms with Crippen molar-refractivity contribution in [3.8, 4) is 5.75 Å². The summed E-state index contributed by atoms with van der Waals surface area (Å²) in [4.78, 5) is 24.9. The van der Waals surface area contributed by atoms with Crippen LogP contribution in [-0.4, -0.2) is 56.9 Å². The van der Waals surface area contributed by atoms with E-state index in [1.165, 1.54) is 43.0 Å². The molecule has 1 saturated carbocycles. The topological polar surface area (TPSA) is 102 Å². The Balaban J connectivity index is 1.71. The van der Waals surface area contributed by atoms with Crippen molar-refractivity contribution in [2.45, 2.75) is 68.9 Å². The van der Waals surface area contributed by atoms with E-state index in [-0.39, 0.29) is 28.2 Å². The Morgan fingerprint density at radius 1 is 1.10 bits per heavy atom. The first kappa shape index (κ1) is 22.6. The lowest BCUT2D eigenvalue weighted by molar-refractivity contribution is -0.130. The lowest BCUT2D eigenvalue weighted by atomic mass is 9.95. The van der Waals surface area contributed by atoms with Crippen molar-refractivity contribution in [1.29, 1.82) is 0 Å². The van der Waals surface area contributed by atoms with Crippen LogP contribution in [0.4, 0.5) is 0 Å². The summed E-state index contributed by atoms with van der Waals surface area (Å²) >= 11 is 0. The van der Waals surface area contributed by atoms with Gasteiger partial charge >= 0.3 is 5.97 Å². The van der Waals surface area contributed by atoms with Crippen molar-refractivity contribution in [1.82, 2.24) is 9.62 Å². The maximum Gasteiger partial charge on any atom is 0.338 e. The number of hydrogen-bond donors (Lipinski definition) is 1. The SMILES string of the molecule is COc1ccc(C(=O)OC(C)C(=O)NC2CCCCC2)cc1S(=O)(=O)N1CCCC1. The fourth-order valence-electron chi connectivity index (χ4n) is 3.92. The molecule has 8 nitrogen and oxygen atoms in total. The van der Waals surface area contributed by atoms with E-state index < -0.39 is 22.1 Å². The number of methoxy groups -OCH3 is 1. The van der Waals surface area contributed by atoms with Crippen LogP contribution in [0.15, 0.2) is 23.1 Å². The van der Waals surface area contributed by atoms with E-state index in [2.05, 4.69) is 5.32 Å². The first-order chi connectivity index (χ1) is 14.3. The van der Waals surface area contributed by atoms with Crippen LogP contribution in [0, 0.1) is 0 Å². The zero-order valence-corrected chi connectivity index (χ0v) is 18.4. The molecule has 9 heteroatoms. The quantitative estimate of drug-likeness (QED) is 0.656. The summed E-state index contributed by atoms with van der Waals surface area (Å²) in [5.41, 5.74) is 0.0610. The van der Waals surface area contributed by atoms with E-state index in [1.807, 2.05) is 0 Å². The largest absolute Gasteiger partial charge is 0.495 e. The number of nitrogens with zero attached hydrogens (tertiary/aromatic N) is 1. The van der Waals surface area contributed by atoms with Gasteiger partial charge in [-0.15, -0.1) is 0 Å². The minimum absolute atomic E-state index is 0.0610. The molecule has 2 fully saturated rings. The molecule has 166 valence electrons. The Morgan fingerprint density at radius 3 is 2.40 bits per heavy atom. The van der Waals surface area contributed by atoms with Crippen LogP contribution < -0.4 is 10.1 Å². The molecular formula is C21H30N2O6S. The molecule has 1 aliphatic carbocycles. The van der Waals surface area contributed by atoms with Gasteiger partial charge in [0, 0.05) is 19.1 Å². The standard InChI is InChI=1S/C21H30N2O6S/c1-15(20(24)22-17-8-4-3-5-9-17)29-21(25)16-10-11-18(28-2)19(14-16)30(26,27)23-12-6-7-13-23/h10-11,14-15,17H,3-9,12-13H2,1-2H3,(H,22,24). The highest BCUT2D eigenvalue weighted by molar-refractivity contribution is 7.89. The summed E-state index contributed by atoms with van der Waals surface area (Å²) in [6, 6.07) is 4.26. The molecular weight excluding hydrogens is 408 g/mol. The third-order valence-corrected chi connectivity index (χ3v) is 7.61. The van der Waals surface area contributed by atoms with Crippen molar-refractivity contribution in [3.63, 3.8) is 0 Å². The maximum atomic E-state index is 13.0. The van der Waals surface area contributed by atoms with Crippen LogP contribution in [0.5, 0.6) is 5.75 Å². The summed E-state index contributed by atoms with van der Waals surface area (Å²) in [6.07, 6.45) is 5.84. The van der Waals surface area contributed by atoms with E-state index in [4.69, 9.17) is 9.47 Å². The molecule has 1 saturated heterocycles. The Bertz CT molecular complexity index is 873. The first-order valence-corrected chi connectivity index (χ1v) is 12.0. The Hall–Kier alpha value is -2.13. The highest BCUT2D eigenvalue weighted by Gasteiger charge is 2.31. The molecule has 1 aromatic carbocycles. The van der Waals surface area contributed by atoms with Crippen LogP contribution in [0.3, 0.4) is 0 Å². The average molecular weight is 439 g/mol. The van der Waals surface area contributed by atoms with Gasteiger partial charge < -0.3 is 14.8 Å². The molecule has 1 aliphatic heterocycles. The molecule has 0 bridgehead atoms. The number of carbonyl (C=O) groups is 2. The number of hydrogen-bond acceptors (Lipinski definition) is 6. The number of rotatable bonds is 7. The number of benzene rings is 1. The zero-order chi connectivity index (χ0) is 21.7. The molecule has 1 amide bonds. The second kappa shape index (κ2) is 9.78. The van der Waals surface area contributed by atoms with Gasteiger partial charge in [-0.05, 0) is 50.8 Å². The van der Waals surface area contributed by atoms with E-state index in [9.17, 15) is 18.0 Å². The van der Waals surface area contributed by atoms with E-state index in [0.717, 1.165) is 38.5 Å². The van der Waals surface area contributed by atoms with Gasteiger partial charge in [0.25, 0.3) is 5.91 Å². The second-order valence-corrected chi connectivity index (χ2v) is 9.77. The van der Waals surface area contributed by atoms with Crippen LogP contribution in [-0.2, 0) is 19.6 Å². The lowest BCUT2D eigenvalue weighted by Crippen LogP contribution is -2.42. The van der Waals surface area contributed by atoms with Crippen LogP contribution in [0.1, 0.15) is 62.2 Å². The maximum absolute atomic E-state index is 13.0. The van der Waals surface area contributed by atoms with Gasteiger partial charge in [0.15, 0.2) is 6.10 Å². The summed E-state index contributed by atoms with van der Waals surface area (Å²) in [7, 11) is -2.40. The van der Waals surface area contributed by atoms with Crippen molar-refractivity contribution >= 4 is 21.9 Å². The molecule has 30 heavy (non-hydrogen) atoms. The highest BCUT2D eigenvalue weighted by atomic mass is 32.2. The predicted molar refractivity (Wildman–Crippen MR) is 111 cm³/mol. The Kier molecular flexibility index (Phi) is 7.36. The van der Waals surface area contributed by atoms with Crippen molar-refractivity contribution < 1.29 is 27.5 Å². The molecule has 0 radical (unpaired) electrons. The molecule has 1 aromatic rings. The summed E-state index contributed by atoms with van der Waals surface area (Å²) in [5, 5.41) is 2.93. The Morgan fingerprint density at radius 2 is 1.77 bits per heavy atom. The minimum atomic E-state index is -3.78. The van der Waals surface area contributed by atoms with Gasteiger partial charge in [-0.25, -0.2) is 13.2 Å². The molecule has 1 heterocycles. The third kappa shape index (κ3) is 5.13. The smallest absolute Gasteiger partial charge is 0.338 e. The first-order valence-electron chi connectivity index (χ1n) is 10.5. The van der Waals surface area contributed by atoms with E-state index in [0.29, 0.717) is 13.1 Å².